The lowest BCUT2D eigenvalue weighted by molar-refractivity contribution is -0.130. The first kappa shape index (κ1) is 20.7. The Balaban J connectivity index is 0.00000225. The van der Waals surface area contributed by atoms with Crippen molar-refractivity contribution in [2.75, 3.05) is 59.4 Å². The number of guanidine groups is 1. The molecule has 0 aromatic heterocycles. The number of likely N-dealkylation sites (tertiary alicyclic amines) is 1. The maximum atomic E-state index is 11.3. The van der Waals surface area contributed by atoms with Crippen LogP contribution in [0.15, 0.2) is 4.99 Å². The summed E-state index contributed by atoms with van der Waals surface area (Å²) in [4.78, 5) is 22.7. The van der Waals surface area contributed by atoms with Crippen molar-refractivity contribution in [1.82, 2.24) is 25.3 Å². The van der Waals surface area contributed by atoms with Crippen LogP contribution in [0, 0.1) is 0 Å². The number of hydrogen-bond acceptors (Lipinski definition) is 4. The van der Waals surface area contributed by atoms with Crippen LogP contribution in [0.4, 0.5) is 0 Å². The Kier molecular flexibility index (Phi) is 8.21. The SMILES string of the molecule is CN=C(NCCN1CCN(C(C)=O)CC1)NC1CCN(C2CC2)C1.I. The van der Waals surface area contributed by atoms with Crippen molar-refractivity contribution in [1.29, 1.82) is 0 Å². The summed E-state index contributed by atoms with van der Waals surface area (Å²) in [6.07, 6.45) is 3.98. The molecule has 1 aliphatic carbocycles. The molecular formula is C17H33IN6O. The third-order valence-electron chi connectivity index (χ3n) is 5.39. The number of hydrogen-bond donors (Lipinski definition) is 2. The molecule has 3 rings (SSSR count). The highest BCUT2D eigenvalue weighted by Crippen LogP contribution is 2.29. The second-order valence-corrected chi connectivity index (χ2v) is 7.20. The Morgan fingerprint density at radius 2 is 1.84 bits per heavy atom. The van der Waals surface area contributed by atoms with Gasteiger partial charge in [0.25, 0.3) is 0 Å². The number of halogens is 1. The van der Waals surface area contributed by atoms with Gasteiger partial charge >= 0.3 is 0 Å². The molecule has 3 aliphatic rings. The molecule has 144 valence electrons. The summed E-state index contributed by atoms with van der Waals surface area (Å²) in [7, 11) is 1.84. The number of carbonyl (C=O) groups is 1. The zero-order chi connectivity index (χ0) is 16.9. The van der Waals surface area contributed by atoms with Gasteiger partial charge in [0.15, 0.2) is 5.96 Å². The molecule has 2 saturated heterocycles. The second kappa shape index (κ2) is 9.91. The van der Waals surface area contributed by atoms with Crippen LogP contribution < -0.4 is 10.6 Å². The molecule has 25 heavy (non-hydrogen) atoms. The minimum Gasteiger partial charge on any atom is -0.355 e. The summed E-state index contributed by atoms with van der Waals surface area (Å²) >= 11 is 0. The summed E-state index contributed by atoms with van der Waals surface area (Å²) in [5.74, 6) is 1.11. The van der Waals surface area contributed by atoms with Gasteiger partial charge in [-0.3, -0.25) is 19.6 Å². The lowest BCUT2D eigenvalue weighted by Gasteiger charge is -2.34. The molecule has 1 amide bonds. The van der Waals surface area contributed by atoms with Crippen LogP contribution in [-0.4, -0.2) is 98.1 Å². The Labute approximate surface area is 168 Å². The highest BCUT2D eigenvalue weighted by atomic mass is 127. The molecule has 2 aliphatic heterocycles. The third-order valence-corrected chi connectivity index (χ3v) is 5.39. The molecule has 1 atom stereocenters. The van der Waals surface area contributed by atoms with Gasteiger partial charge in [-0.2, -0.15) is 0 Å². The summed E-state index contributed by atoms with van der Waals surface area (Å²) in [5.41, 5.74) is 0. The smallest absolute Gasteiger partial charge is 0.219 e. The van der Waals surface area contributed by atoms with Crippen molar-refractivity contribution in [2.24, 2.45) is 4.99 Å². The Morgan fingerprint density at radius 1 is 1.12 bits per heavy atom. The largest absolute Gasteiger partial charge is 0.355 e. The fourth-order valence-electron chi connectivity index (χ4n) is 3.68. The van der Waals surface area contributed by atoms with Crippen LogP contribution in [-0.2, 0) is 4.79 Å². The molecule has 0 radical (unpaired) electrons. The van der Waals surface area contributed by atoms with E-state index in [1.807, 2.05) is 11.9 Å². The van der Waals surface area contributed by atoms with Gasteiger partial charge in [0, 0.05) is 78.4 Å². The van der Waals surface area contributed by atoms with Gasteiger partial charge < -0.3 is 15.5 Å². The number of nitrogens with zero attached hydrogens (tertiary/aromatic N) is 4. The van der Waals surface area contributed by atoms with Gasteiger partial charge in [-0.05, 0) is 19.3 Å². The van der Waals surface area contributed by atoms with Crippen LogP contribution in [0.5, 0.6) is 0 Å². The normalized spacial score (nSPS) is 25.6. The summed E-state index contributed by atoms with van der Waals surface area (Å²) in [6.45, 7) is 9.53. The van der Waals surface area contributed by atoms with Crippen molar-refractivity contribution in [3.63, 3.8) is 0 Å². The molecule has 2 heterocycles. The van der Waals surface area contributed by atoms with E-state index >= 15 is 0 Å². The molecule has 7 nitrogen and oxygen atoms in total. The third kappa shape index (κ3) is 6.25. The van der Waals surface area contributed by atoms with Crippen molar-refractivity contribution in [3.8, 4) is 0 Å². The van der Waals surface area contributed by atoms with Gasteiger partial charge in [-0.25, -0.2) is 0 Å². The van der Waals surface area contributed by atoms with Gasteiger partial charge in [-0.15, -0.1) is 24.0 Å². The number of amides is 1. The highest BCUT2D eigenvalue weighted by molar-refractivity contribution is 14.0. The fraction of sp³-hybridized carbons (Fsp3) is 0.882. The van der Waals surface area contributed by atoms with Gasteiger partial charge in [-0.1, -0.05) is 0 Å². The molecule has 8 heteroatoms. The zero-order valence-electron chi connectivity index (χ0n) is 15.5. The summed E-state index contributed by atoms with van der Waals surface area (Å²) in [5, 5.41) is 7.00. The Morgan fingerprint density at radius 3 is 2.44 bits per heavy atom. The molecule has 0 aromatic rings. The number of rotatable bonds is 5. The summed E-state index contributed by atoms with van der Waals surface area (Å²) < 4.78 is 0. The van der Waals surface area contributed by atoms with Crippen LogP contribution >= 0.6 is 24.0 Å². The van der Waals surface area contributed by atoms with E-state index in [1.165, 1.54) is 25.8 Å². The lowest BCUT2D eigenvalue weighted by atomic mass is 10.3. The Hall–Kier alpha value is -0.610. The molecule has 1 unspecified atom stereocenters. The standard InChI is InChI=1S/C17H32N6O.HI/c1-14(24)22-11-9-21(10-12-22)8-6-19-17(18-2)20-15-5-7-23(13-15)16-3-4-16;/h15-16H,3-13H2,1-2H3,(H2,18,19,20);1H. The monoisotopic (exact) mass is 464 g/mol. The minimum atomic E-state index is 0. The molecular weight excluding hydrogens is 431 g/mol. The maximum Gasteiger partial charge on any atom is 0.219 e. The molecule has 3 fully saturated rings. The molecule has 2 N–H and O–H groups in total. The first-order valence-corrected chi connectivity index (χ1v) is 9.35. The van der Waals surface area contributed by atoms with Crippen molar-refractivity contribution >= 4 is 35.8 Å². The maximum absolute atomic E-state index is 11.3. The van der Waals surface area contributed by atoms with E-state index in [2.05, 4.69) is 25.4 Å². The van der Waals surface area contributed by atoms with Crippen LogP contribution in [0.25, 0.3) is 0 Å². The molecule has 1 saturated carbocycles. The lowest BCUT2D eigenvalue weighted by Crippen LogP contribution is -2.51. The molecule has 0 spiro atoms. The minimum absolute atomic E-state index is 0. The van der Waals surface area contributed by atoms with Crippen molar-refractivity contribution in [2.45, 2.75) is 38.3 Å². The topological polar surface area (TPSA) is 63.2 Å². The van der Waals surface area contributed by atoms with Crippen LogP contribution in [0.2, 0.25) is 0 Å². The van der Waals surface area contributed by atoms with E-state index in [0.29, 0.717) is 6.04 Å². The fourth-order valence-corrected chi connectivity index (χ4v) is 3.68. The summed E-state index contributed by atoms with van der Waals surface area (Å²) in [6, 6.07) is 1.39. The van der Waals surface area contributed by atoms with E-state index in [9.17, 15) is 4.79 Å². The predicted molar refractivity (Wildman–Crippen MR) is 112 cm³/mol. The van der Waals surface area contributed by atoms with E-state index in [4.69, 9.17) is 0 Å². The number of aliphatic imine (C=N–C) groups is 1. The Bertz CT molecular complexity index is 462. The average Bonchev–Trinajstić information content (AvgIpc) is 3.34. The van der Waals surface area contributed by atoms with Crippen LogP contribution in [0.3, 0.4) is 0 Å². The van der Waals surface area contributed by atoms with Crippen molar-refractivity contribution < 1.29 is 4.79 Å². The van der Waals surface area contributed by atoms with E-state index in [-0.39, 0.29) is 29.9 Å². The van der Waals surface area contributed by atoms with Gasteiger partial charge in [0.05, 0.1) is 0 Å². The number of piperazine rings is 1. The zero-order valence-corrected chi connectivity index (χ0v) is 17.9. The number of carbonyl (C=O) groups excluding carboxylic acids is 1. The highest BCUT2D eigenvalue weighted by Gasteiger charge is 2.34. The van der Waals surface area contributed by atoms with E-state index < -0.39 is 0 Å². The predicted octanol–water partition coefficient (Wildman–Crippen LogP) is 0.170. The van der Waals surface area contributed by atoms with Crippen LogP contribution in [0.1, 0.15) is 26.2 Å². The second-order valence-electron chi connectivity index (χ2n) is 7.20. The van der Waals surface area contributed by atoms with E-state index in [1.54, 1.807) is 6.92 Å². The molecule has 0 bridgehead atoms. The molecule has 0 aromatic carbocycles. The first-order valence-electron chi connectivity index (χ1n) is 9.35. The van der Waals surface area contributed by atoms with Crippen molar-refractivity contribution in [3.05, 3.63) is 0 Å². The average molecular weight is 464 g/mol. The number of nitrogens with one attached hydrogen (secondary N) is 2. The van der Waals surface area contributed by atoms with E-state index in [0.717, 1.165) is 57.8 Å². The quantitative estimate of drug-likeness (QED) is 0.345. The van der Waals surface area contributed by atoms with Gasteiger partial charge in [0.1, 0.15) is 0 Å². The first-order chi connectivity index (χ1) is 11.7. The van der Waals surface area contributed by atoms with Gasteiger partial charge in [0.2, 0.25) is 5.91 Å².